The van der Waals surface area contributed by atoms with E-state index in [4.69, 9.17) is 0 Å². The number of aromatic nitrogens is 2. The first-order valence-electron chi connectivity index (χ1n) is 7.64. The molecule has 0 bridgehead atoms. The molecule has 0 spiro atoms. The Kier molecular flexibility index (Phi) is 4.51. The van der Waals surface area contributed by atoms with Gasteiger partial charge in [-0.25, -0.2) is 9.07 Å². The summed E-state index contributed by atoms with van der Waals surface area (Å²) in [7, 11) is 0. The number of nitrogens with zero attached hydrogens (tertiary/aromatic N) is 3. The SMILES string of the molecule is Cc1cc(NC(=O)CN2CC(C(F)(F)F)C2)n(-c2ccc(F)cc2)n1. The lowest BCUT2D eigenvalue weighted by Gasteiger charge is -2.39. The van der Waals surface area contributed by atoms with E-state index in [1.54, 1.807) is 13.0 Å². The Hall–Kier alpha value is -2.42. The van der Waals surface area contributed by atoms with E-state index in [-0.39, 0.29) is 19.6 Å². The molecule has 0 unspecified atom stereocenters. The molecule has 0 aliphatic carbocycles. The number of hydrogen-bond acceptors (Lipinski definition) is 3. The maximum atomic E-state index is 13.0. The fraction of sp³-hybridized carbons (Fsp3) is 0.375. The number of likely N-dealkylation sites (tertiary alicyclic amines) is 1. The van der Waals surface area contributed by atoms with E-state index in [1.165, 1.54) is 33.8 Å². The highest BCUT2D eigenvalue weighted by Crippen LogP contribution is 2.33. The Morgan fingerprint density at radius 3 is 2.52 bits per heavy atom. The average molecular weight is 356 g/mol. The van der Waals surface area contributed by atoms with Crippen LogP contribution >= 0.6 is 0 Å². The molecule has 25 heavy (non-hydrogen) atoms. The fourth-order valence-electron chi connectivity index (χ4n) is 2.66. The van der Waals surface area contributed by atoms with Gasteiger partial charge in [0.2, 0.25) is 5.91 Å². The number of carbonyl (C=O) groups is 1. The van der Waals surface area contributed by atoms with Gasteiger partial charge in [0.1, 0.15) is 11.6 Å². The highest BCUT2D eigenvalue weighted by atomic mass is 19.4. The second kappa shape index (κ2) is 6.47. The van der Waals surface area contributed by atoms with Crippen LogP contribution in [-0.4, -0.2) is 46.4 Å². The van der Waals surface area contributed by atoms with Crippen LogP contribution < -0.4 is 5.32 Å². The normalized spacial score (nSPS) is 15.9. The van der Waals surface area contributed by atoms with Crippen LogP contribution in [0.4, 0.5) is 23.4 Å². The Bertz CT molecular complexity index is 763. The summed E-state index contributed by atoms with van der Waals surface area (Å²) in [5.74, 6) is -1.81. The number of halogens is 4. The summed E-state index contributed by atoms with van der Waals surface area (Å²) in [5.41, 5.74) is 1.20. The molecule has 1 N–H and O–H groups in total. The number of anilines is 1. The third-order valence-corrected chi connectivity index (χ3v) is 3.96. The summed E-state index contributed by atoms with van der Waals surface area (Å²) in [6, 6.07) is 7.21. The molecule has 134 valence electrons. The first kappa shape index (κ1) is 17.4. The molecular weight excluding hydrogens is 340 g/mol. The third kappa shape index (κ3) is 3.98. The summed E-state index contributed by atoms with van der Waals surface area (Å²) < 4.78 is 51.9. The lowest BCUT2D eigenvalue weighted by molar-refractivity contribution is -0.208. The summed E-state index contributed by atoms with van der Waals surface area (Å²) in [6.45, 7) is 1.26. The van der Waals surface area contributed by atoms with Crippen molar-refractivity contribution in [1.82, 2.24) is 14.7 Å². The minimum absolute atomic E-state index is 0.125. The number of hydrogen-bond donors (Lipinski definition) is 1. The first-order valence-corrected chi connectivity index (χ1v) is 7.64. The highest BCUT2D eigenvalue weighted by Gasteiger charge is 2.47. The fourth-order valence-corrected chi connectivity index (χ4v) is 2.66. The standard InChI is InChI=1S/C16H16F4N4O/c1-10-6-14(24(22-10)13-4-2-12(17)3-5-13)21-15(25)9-23-7-11(8-23)16(18,19)20/h2-6,11H,7-9H2,1H3,(H,21,25). The van der Waals surface area contributed by atoms with Crippen molar-refractivity contribution < 1.29 is 22.4 Å². The van der Waals surface area contributed by atoms with Crippen molar-refractivity contribution in [2.24, 2.45) is 5.92 Å². The van der Waals surface area contributed by atoms with E-state index in [0.717, 1.165) is 0 Å². The van der Waals surface area contributed by atoms with Crippen LogP contribution in [0, 0.1) is 18.7 Å². The number of benzene rings is 1. The van der Waals surface area contributed by atoms with Crippen molar-refractivity contribution in [2.75, 3.05) is 25.0 Å². The maximum Gasteiger partial charge on any atom is 0.394 e. The second-order valence-electron chi connectivity index (χ2n) is 6.04. The smallest absolute Gasteiger partial charge is 0.309 e. The van der Waals surface area contributed by atoms with Crippen molar-refractivity contribution in [3.05, 3.63) is 41.8 Å². The van der Waals surface area contributed by atoms with Crippen LogP contribution in [0.25, 0.3) is 5.69 Å². The number of carbonyl (C=O) groups excluding carboxylic acids is 1. The Morgan fingerprint density at radius 2 is 1.92 bits per heavy atom. The van der Waals surface area contributed by atoms with Gasteiger partial charge in [0.15, 0.2) is 0 Å². The van der Waals surface area contributed by atoms with Crippen molar-refractivity contribution in [1.29, 1.82) is 0 Å². The molecule has 2 aromatic rings. The van der Waals surface area contributed by atoms with Gasteiger partial charge in [-0.1, -0.05) is 0 Å². The quantitative estimate of drug-likeness (QED) is 0.857. The van der Waals surface area contributed by atoms with Gasteiger partial charge in [0, 0.05) is 19.2 Å². The van der Waals surface area contributed by atoms with Gasteiger partial charge < -0.3 is 5.32 Å². The van der Waals surface area contributed by atoms with E-state index in [2.05, 4.69) is 10.4 Å². The largest absolute Gasteiger partial charge is 0.394 e. The monoisotopic (exact) mass is 356 g/mol. The van der Waals surface area contributed by atoms with Crippen molar-refractivity contribution in [3.8, 4) is 5.69 Å². The van der Waals surface area contributed by atoms with Gasteiger partial charge >= 0.3 is 6.18 Å². The average Bonchev–Trinajstić information content (AvgIpc) is 2.82. The molecule has 0 saturated carbocycles. The lowest BCUT2D eigenvalue weighted by atomic mass is 10.00. The molecule has 3 rings (SSSR count). The number of nitrogens with one attached hydrogen (secondary N) is 1. The topological polar surface area (TPSA) is 50.2 Å². The van der Waals surface area contributed by atoms with Crippen molar-refractivity contribution in [3.63, 3.8) is 0 Å². The molecule has 1 aliphatic rings. The summed E-state index contributed by atoms with van der Waals surface area (Å²) in [6.07, 6.45) is -4.22. The zero-order chi connectivity index (χ0) is 18.2. The first-order chi connectivity index (χ1) is 11.7. The molecule has 1 aliphatic heterocycles. The number of rotatable bonds is 4. The maximum absolute atomic E-state index is 13.0. The minimum Gasteiger partial charge on any atom is -0.309 e. The number of alkyl halides is 3. The van der Waals surface area contributed by atoms with E-state index in [9.17, 15) is 22.4 Å². The van der Waals surface area contributed by atoms with Crippen LogP contribution in [0.3, 0.4) is 0 Å². The zero-order valence-corrected chi connectivity index (χ0v) is 13.3. The second-order valence-corrected chi connectivity index (χ2v) is 6.04. The predicted octanol–water partition coefficient (Wildman–Crippen LogP) is 2.75. The van der Waals surface area contributed by atoms with Gasteiger partial charge in [-0.15, -0.1) is 0 Å². The summed E-state index contributed by atoms with van der Waals surface area (Å²) >= 11 is 0. The molecule has 9 heteroatoms. The van der Waals surface area contributed by atoms with Crippen LogP contribution in [0.5, 0.6) is 0 Å². The molecule has 1 amide bonds. The van der Waals surface area contributed by atoms with Crippen LogP contribution in [0.1, 0.15) is 5.69 Å². The summed E-state index contributed by atoms with van der Waals surface area (Å²) in [4.78, 5) is 13.5. The van der Waals surface area contributed by atoms with Gasteiger partial charge in [-0.05, 0) is 31.2 Å². The number of amides is 1. The molecule has 2 heterocycles. The molecule has 0 atom stereocenters. The van der Waals surface area contributed by atoms with E-state index in [0.29, 0.717) is 17.2 Å². The van der Waals surface area contributed by atoms with Gasteiger partial charge in [0.25, 0.3) is 0 Å². The Morgan fingerprint density at radius 1 is 1.28 bits per heavy atom. The zero-order valence-electron chi connectivity index (χ0n) is 13.3. The van der Waals surface area contributed by atoms with E-state index in [1.807, 2.05) is 0 Å². The lowest BCUT2D eigenvalue weighted by Crippen LogP contribution is -2.55. The van der Waals surface area contributed by atoms with Crippen LogP contribution in [0.2, 0.25) is 0 Å². The van der Waals surface area contributed by atoms with Crippen molar-refractivity contribution >= 4 is 11.7 Å². The van der Waals surface area contributed by atoms with E-state index >= 15 is 0 Å². The van der Waals surface area contributed by atoms with Gasteiger partial charge in [0.05, 0.1) is 23.8 Å². The molecule has 1 saturated heterocycles. The van der Waals surface area contributed by atoms with Crippen molar-refractivity contribution in [2.45, 2.75) is 13.1 Å². The minimum atomic E-state index is -4.22. The molecular formula is C16H16F4N4O. The molecule has 5 nitrogen and oxygen atoms in total. The Labute approximate surface area is 141 Å². The molecule has 0 radical (unpaired) electrons. The Balaban J connectivity index is 1.64. The summed E-state index contributed by atoms with van der Waals surface area (Å²) in [5, 5.41) is 6.88. The van der Waals surface area contributed by atoms with Crippen LogP contribution in [-0.2, 0) is 4.79 Å². The highest BCUT2D eigenvalue weighted by molar-refractivity contribution is 5.91. The van der Waals surface area contributed by atoms with Crippen LogP contribution in [0.15, 0.2) is 30.3 Å². The van der Waals surface area contributed by atoms with Gasteiger partial charge in [-0.2, -0.15) is 18.3 Å². The number of aryl methyl sites for hydroxylation is 1. The predicted molar refractivity (Wildman–Crippen MR) is 82.9 cm³/mol. The van der Waals surface area contributed by atoms with E-state index < -0.39 is 23.8 Å². The third-order valence-electron chi connectivity index (χ3n) is 3.96. The van der Waals surface area contributed by atoms with Gasteiger partial charge in [-0.3, -0.25) is 9.69 Å². The molecule has 1 aromatic heterocycles. The molecule has 1 aromatic carbocycles. The molecule has 1 fully saturated rings.